The highest BCUT2D eigenvalue weighted by Crippen LogP contribution is 2.24. The topological polar surface area (TPSA) is 49.6 Å². The monoisotopic (exact) mass is 294 g/mol. The summed E-state index contributed by atoms with van der Waals surface area (Å²) in [4.78, 5) is 18.2. The first-order valence-electron chi connectivity index (χ1n) is 7.49. The Morgan fingerprint density at radius 1 is 1.09 bits per heavy atom. The molecule has 0 radical (unpaired) electrons. The van der Waals surface area contributed by atoms with E-state index in [0.717, 1.165) is 48.9 Å². The maximum Gasteiger partial charge on any atom is 0.180 e. The predicted octanol–water partition coefficient (Wildman–Crippen LogP) is 1.54. The van der Waals surface area contributed by atoms with Gasteiger partial charge in [0.1, 0.15) is 0 Å². The molecule has 0 unspecified atom stereocenters. The smallest absolute Gasteiger partial charge is 0.180 e. The molecule has 1 aliphatic rings. The summed E-state index contributed by atoms with van der Waals surface area (Å²) in [6, 6.07) is 3.97. The highest BCUT2D eigenvalue weighted by molar-refractivity contribution is 5.70. The quantitative estimate of drug-likeness (QED) is 0.717. The first-order chi connectivity index (χ1) is 10.8. The molecule has 6 nitrogen and oxygen atoms in total. The van der Waals surface area contributed by atoms with Gasteiger partial charge in [-0.3, -0.25) is 4.98 Å². The van der Waals surface area contributed by atoms with E-state index >= 15 is 0 Å². The van der Waals surface area contributed by atoms with Crippen LogP contribution in [0.25, 0.3) is 16.9 Å². The molecule has 0 saturated carbocycles. The molecule has 0 atom stereocenters. The van der Waals surface area contributed by atoms with Crippen molar-refractivity contribution in [3.05, 3.63) is 43.1 Å². The van der Waals surface area contributed by atoms with Crippen LogP contribution in [0.5, 0.6) is 0 Å². The molecular weight excluding hydrogens is 276 g/mol. The summed E-state index contributed by atoms with van der Waals surface area (Å²) < 4.78 is 2.04. The molecule has 1 saturated heterocycles. The third-order valence-corrected chi connectivity index (χ3v) is 4.12. The number of rotatable bonds is 2. The van der Waals surface area contributed by atoms with Crippen LogP contribution in [0, 0.1) is 0 Å². The summed E-state index contributed by atoms with van der Waals surface area (Å²) in [7, 11) is 2.15. The minimum atomic E-state index is 0.914. The van der Waals surface area contributed by atoms with Gasteiger partial charge in [-0.05, 0) is 19.2 Å². The number of imidazole rings is 1. The molecule has 0 N–H and O–H groups in total. The number of fused-ring (bicyclic) bond motifs is 1. The maximum absolute atomic E-state index is 4.88. The van der Waals surface area contributed by atoms with Crippen LogP contribution in [0.15, 0.2) is 43.1 Å². The lowest BCUT2D eigenvalue weighted by molar-refractivity contribution is 0.312. The molecule has 1 fully saturated rings. The molecule has 4 heterocycles. The van der Waals surface area contributed by atoms with Crippen LogP contribution in [0.1, 0.15) is 0 Å². The van der Waals surface area contributed by atoms with Crippen LogP contribution in [0.2, 0.25) is 0 Å². The third-order valence-electron chi connectivity index (χ3n) is 4.12. The molecule has 112 valence electrons. The van der Waals surface area contributed by atoms with E-state index in [2.05, 4.69) is 26.8 Å². The number of nitrogens with zero attached hydrogens (tertiary/aromatic N) is 6. The van der Waals surface area contributed by atoms with Gasteiger partial charge in [0.2, 0.25) is 0 Å². The van der Waals surface area contributed by atoms with E-state index in [0.29, 0.717) is 0 Å². The van der Waals surface area contributed by atoms with E-state index in [9.17, 15) is 0 Å². The van der Waals surface area contributed by atoms with Crippen LogP contribution in [0.4, 0.5) is 5.82 Å². The van der Waals surface area contributed by atoms with Crippen molar-refractivity contribution in [2.45, 2.75) is 0 Å². The Balaban J connectivity index is 1.81. The Kier molecular flexibility index (Phi) is 3.23. The molecule has 0 aliphatic carbocycles. The van der Waals surface area contributed by atoms with E-state index < -0.39 is 0 Å². The van der Waals surface area contributed by atoms with Crippen molar-refractivity contribution >= 4 is 11.5 Å². The molecule has 4 rings (SSSR count). The lowest BCUT2D eigenvalue weighted by Crippen LogP contribution is -2.45. The number of anilines is 1. The molecule has 1 aliphatic heterocycles. The third kappa shape index (κ3) is 2.31. The Bertz CT molecular complexity index is 774. The van der Waals surface area contributed by atoms with Crippen molar-refractivity contribution in [2.24, 2.45) is 0 Å². The van der Waals surface area contributed by atoms with E-state index in [-0.39, 0.29) is 0 Å². The number of piperazine rings is 1. The average molecular weight is 294 g/mol. The highest BCUT2D eigenvalue weighted by Gasteiger charge is 2.19. The lowest BCUT2D eigenvalue weighted by atomic mass is 10.2. The highest BCUT2D eigenvalue weighted by atomic mass is 15.3. The minimum absolute atomic E-state index is 0.914. The lowest BCUT2D eigenvalue weighted by Gasteiger charge is -2.33. The largest absolute Gasteiger partial charge is 0.351 e. The zero-order valence-electron chi connectivity index (χ0n) is 12.6. The van der Waals surface area contributed by atoms with Crippen molar-refractivity contribution < 1.29 is 0 Å². The molecule has 0 spiro atoms. The van der Waals surface area contributed by atoms with Gasteiger partial charge in [0.05, 0.1) is 5.69 Å². The fourth-order valence-corrected chi connectivity index (χ4v) is 2.80. The summed E-state index contributed by atoms with van der Waals surface area (Å²) in [5.41, 5.74) is 2.86. The number of hydrogen-bond donors (Lipinski definition) is 0. The Morgan fingerprint density at radius 2 is 1.95 bits per heavy atom. The molecule has 3 aromatic rings. The van der Waals surface area contributed by atoms with Gasteiger partial charge in [0.15, 0.2) is 11.5 Å². The van der Waals surface area contributed by atoms with E-state index in [1.807, 2.05) is 41.3 Å². The van der Waals surface area contributed by atoms with E-state index in [1.165, 1.54) is 0 Å². The molecule has 6 heteroatoms. The van der Waals surface area contributed by atoms with Gasteiger partial charge >= 0.3 is 0 Å². The molecule has 0 amide bonds. The fourth-order valence-electron chi connectivity index (χ4n) is 2.80. The first-order valence-corrected chi connectivity index (χ1v) is 7.49. The van der Waals surface area contributed by atoms with Crippen LogP contribution in [-0.4, -0.2) is 57.5 Å². The summed E-state index contributed by atoms with van der Waals surface area (Å²) >= 11 is 0. The van der Waals surface area contributed by atoms with Crippen molar-refractivity contribution in [3.8, 4) is 11.3 Å². The van der Waals surface area contributed by atoms with Crippen LogP contribution in [0.3, 0.4) is 0 Å². The summed E-state index contributed by atoms with van der Waals surface area (Å²) in [6.07, 6.45) is 9.43. The van der Waals surface area contributed by atoms with Crippen molar-refractivity contribution in [1.29, 1.82) is 0 Å². The van der Waals surface area contributed by atoms with Crippen molar-refractivity contribution in [3.63, 3.8) is 0 Å². The van der Waals surface area contributed by atoms with Crippen LogP contribution < -0.4 is 4.90 Å². The Labute approximate surface area is 129 Å². The van der Waals surface area contributed by atoms with Gasteiger partial charge in [-0.2, -0.15) is 0 Å². The molecular formula is C16H18N6. The van der Waals surface area contributed by atoms with Gasteiger partial charge in [0.25, 0.3) is 0 Å². The fraction of sp³-hybridized carbons (Fsp3) is 0.312. The average Bonchev–Trinajstić information content (AvgIpc) is 3.04. The predicted molar refractivity (Wildman–Crippen MR) is 85.9 cm³/mol. The van der Waals surface area contributed by atoms with Gasteiger partial charge in [-0.25, -0.2) is 9.97 Å². The van der Waals surface area contributed by atoms with Gasteiger partial charge in [0, 0.05) is 62.7 Å². The first kappa shape index (κ1) is 13.2. The second-order valence-electron chi connectivity index (χ2n) is 5.64. The summed E-state index contributed by atoms with van der Waals surface area (Å²) in [6.45, 7) is 4.04. The zero-order valence-corrected chi connectivity index (χ0v) is 12.6. The Hall–Kier alpha value is -2.47. The summed E-state index contributed by atoms with van der Waals surface area (Å²) in [5.74, 6) is 0.958. The van der Waals surface area contributed by atoms with E-state index in [4.69, 9.17) is 4.98 Å². The van der Waals surface area contributed by atoms with E-state index in [1.54, 1.807) is 6.20 Å². The maximum atomic E-state index is 4.88. The number of aromatic nitrogens is 4. The summed E-state index contributed by atoms with van der Waals surface area (Å²) in [5, 5.41) is 0. The Morgan fingerprint density at radius 3 is 2.73 bits per heavy atom. The normalized spacial score (nSPS) is 16.3. The minimum Gasteiger partial charge on any atom is -0.351 e. The SMILES string of the molecule is CN1CCN(c2nc(-c3cccnc3)cn3ccnc23)CC1. The van der Waals surface area contributed by atoms with Crippen molar-refractivity contribution in [2.75, 3.05) is 38.1 Å². The second-order valence-corrected chi connectivity index (χ2v) is 5.64. The molecule has 22 heavy (non-hydrogen) atoms. The number of pyridine rings is 1. The molecule has 0 bridgehead atoms. The molecule has 3 aromatic heterocycles. The standard InChI is InChI=1S/C16H18N6/c1-20-7-9-21(10-8-20)16-15-18-5-6-22(15)12-14(19-16)13-3-2-4-17-11-13/h2-6,11-12H,7-10H2,1H3. The number of likely N-dealkylation sites (N-methyl/N-ethyl adjacent to an activating group) is 1. The van der Waals surface area contributed by atoms with Gasteiger partial charge < -0.3 is 14.2 Å². The zero-order chi connectivity index (χ0) is 14.9. The molecule has 0 aromatic carbocycles. The van der Waals surface area contributed by atoms with Crippen LogP contribution >= 0.6 is 0 Å². The van der Waals surface area contributed by atoms with Gasteiger partial charge in [-0.15, -0.1) is 0 Å². The van der Waals surface area contributed by atoms with Crippen molar-refractivity contribution in [1.82, 2.24) is 24.3 Å². The van der Waals surface area contributed by atoms with Gasteiger partial charge in [-0.1, -0.05) is 0 Å². The number of hydrogen-bond acceptors (Lipinski definition) is 5. The van der Waals surface area contributed by atoms with Crippen LogP contribution in [-0.2, 0) is 0 Å². The second kappa shape index (κ2) is 5.38.